The molecule has 0 heterocycles. The number of anilines is 1. The van der Waals surface area contributed by atoms with E-state index >= 15 is 0 Å². The molecule has 0 unspecified atom stereocenters. The van der Waals surface area contributed by atoms with Crippen LogP contribution in [0.1, 0.15) is 30.9 Å². The molecule has 0 spiro atoms. The lowest BCUT2D eigenvalue weighted by molar-refractivity contribution is 0.866. The third kappa shape index (κ3) is 3.83. The number of halogens is 1. The van der Waals surface area contributed by atoms with E-state index in [2.05, 4.69) is 36.5 Å². The number of nitrogens with one attached hydrogen (secondary N) is 1. The molecule has 3 heteroatoms. The Morgan fingerprint density at radius 3 is 2.21 bits per heavy atom. The van der Waals surface area contributed by atoms with E-state index in [1.807, 2.05) is 42.5 Å². The molecule has 0 aliphatic heterocycles. The van der Waals surface area contributed by atoms with Crippen molar-refractivity contribution in [1.29, 1.82) is 0 Å². The van der Waals surface area contributed by atoms with Crippen molar-refractivity contribution < 1.29 is 0 Å². The maximum absolute atomic E-state index is 6.18. The zero-order valence-corrected chi connectivity index (χ0v) is 11.9. The van der Waals surface area contributed by atoms with Gasteiger partial charge in [0, 0.05) is 5.56 Å². The summed E-state index contributed by atoms with van der Waals surface area (Å²) in [6, 6.07) is 17.9. The van der Waals surface area contributed by atoms with Crippen LogP contribution < -0.4 is 5.43 Å². The van der Waals surface area contributed by atoms with Gasteiger partial charge < -0.3 is 0 Å². The number of para-hydroxylation sites is 1. The van der Waals surface area contributed by atoms with Crippen LogP contribution in [0.2, 0.25) is 0 Å². The highest BCUT2D eigenvalue weighted by molar-refractivity contribution is 6.69. The first kappa shape index (κ1) is 13.6. The SMILES string of the molecule is CC(C)c1ccc(/C(Cl)=N\Nc2ccccc2)cc1. The van der Waals surface area contributed by atoms with Crippen molar-refractivity contribution in [3.05, 3.63) is 65.7 Å². The highest BCUT2D eigenvalue weighted by Crippen LogP contribution is 2.16. The monoisotopic (exact) mass is 272 g/mol. The molecule has 2 rings (SSSR count). The minimum Gasteiger partial charge on any atom is -0.277 e. The van der Waals surface area contributed by atoms with Crippen molar-refractivity contribution in [2.45, 2.75) is 19.8 Å². The lowest BCUT2D eigenvalue weighted by atomic mass is 10.0. The third-order valence-electron chi connectivity index (χ3n) is 2.87. The molecule has 0 radical (unpaired) electrons. The molecule has 0 amide bonds. The molecule has 2 nitrogen and oxygen atoms in total. The first-order chi connectivity index (χ1) is 9.16. The topological polar surface area (TPSA) is 24.4 Å². The summed E-state index contributed by atoms with van der Waals surface area (Å²) in [6.07, 6.45) is 0. The fraction of sp³-hybridized carbons (Fsp3) is 0.188. The number of hydrogen-bond donors (Lipinski definition) is 1. The summed E-state index contributed by atoms with van der Waals surface area (Å²) in [4.78, 5) is 0. The molecule has 0 bridgehead atoms. The summed E-state index contributed by atoms with van der Waals surface area (Å²) in [5.41, 5.74) is 6.06. The Kier molecular flexibility index (Phi) is 4.58. The maximum Gasteiger partial charge on any atom is 0.156 e. The number of rotatable bonds is 4. The Bertz CT molecular complexity index is 545. The van der Waals surface area contributed by atoms with Crippen molar-refractivity contribution in [2.75, 3.05) is 5.43 Å². The van der Waals surface area contributed by atoms with Gasteiger partial charge in [-0.1, -0.05) is 67.9 Å². The molecule has 0 aliphatic rings. The first-order valence-electron chi connectivity index (χ1n) is 6.31. The predicted molar refractivity (Wildman–Crippen MR) is 83.0 cm³/mol. The van der Waals surface area contributed by atoms with Gasteiger partial charge in [-0.2, -0.15) is 5.10 Å². The summed E-state index contributed by atoms with van der Waals surface area (Å²) in [6.45, 7) is 4.34. The van der Waals surface area contributed by atoms with Crippen LogP contribution in [-0.4, -0.2) is 5.17 Å². The fourth-order valence-corrected chi connectivity index (χ4v) is 1.86. The largest absolute Gasteiger partial charge is 0.277 e. The molecule has 19 heavy (non-hydrogen) atoms. The summed E-state index contributed by atoms with van der Waals surface area (Å²) >= 11 is 6.18. The highest BCUT2D eigenvalue weighted by Gasteiger charge is 2.02. The van der Waals surface area contributed by atoms with Gasteiger partial charge in [0.2, 0.25) is 0 Å². The highest BCUT2D eigenvalue weighted by atomic mass is 35.5. The van der Waals surface area contributed by atoms with Gasteiger partial charge >= 0.3 is 0 Å². The average molecular weight is 273 g/mol. The van der Waals surface area contributed by atoms with Gasteiger partial charge in [-0.3, -0.25) is 5.43 Å². The van der Waals surface area contributed by atoms with Crippen molar-refractivity contribution in [2.24, 2.45) is 5.10 Å². The van der Waals surface area contributed by atoms with Crippen LogP contribution in [0.5, 0.6) is 0 Å². The van der Waals surface area contributed by atoms with E-state index in [-0.39, 0.29) is 0 Å². The van der Waals surface area contributed by atoms with E-state index in [9.17, 15) is 0 Å². The molecule has 0 aliphatic carbocycles. The van der Waals surface area contributed by atoms with E-state index in [0.29, 0.717) is 11.1 Å². The van der Waals surface area contributed by atoms with Gasteiger partial charge in [-0.15, -0.1) is 0 Å². The zero-order chi connectivity index (χ0) is 13.7. The second-order valence-electron chi connectivity index (χ2n) is 4.66. The minimum absolute atomic E-state index is 0.458. The number of nitrogens with zero attached hydrogens (tertiary/aromatic N) is 1. The van der Waals surface area contributed by atoms with E-state index in [1.165, 1.54) is 5.56 Å². The lowest BCUT2D eigenvalue weighted by Gasteiger charge is -2.06. The van der Waals surface area contributed by atoms with Gasteiger partial charge in [0.05, 0.1) is 5.69 Å². The van der Waals surface area contributed by atoms with Crippen molar-refractivity contribution >= 4 is 22.5 Å². The quantitative estimate of drug-likeness (QED) is 0.626. The van der Waals surface area contributed by atoms with Crippen LogP contribution in [0, 0.1) is 0 Å². The summed E-state index contributed by atoms with van der Waals surface area (Å²) < 4.78 is 0. The number of hydrazone groups is 1. The standard InChI is InChI=1S/C16H17ClN2/c1-12(2)13-8-10-14(11-9-13)16(17)19-18-15-6-4-3-5-7-15/h3-12,18H,1-2H3/b19-16+. The molecule has 2 aromatic rings. The maximum atomic E-state index is 6.18. The molecule has 1 N–H and O–H groups in total. The molecule has 0 saturated carbocycles. The summed E-state index contributed by atoms with van der Waals surface area (Å²) in [7, 11) is 0. The van der Waals surface area contributed by atoms with E-state index in [1.54, 1.807) is 0 Å². The zero-order valence-electron chi connectivity index (χ0n) is 11.1. The van der Waals surface area contributed by atoms with Crippen molar-refractivity contribution in [1.82, 2.24) is 0 Å². The first-order valence-corrected chi connectivity index (χ1v) is 6.69. The van der Waals surface area contributed by atoms with Crippen LogP contribution >= 0.6 is 11.6 Å². The molecule has 0 aromatic heterocycles. The van der Waals surface area contributed by atoms with Crippen LogP contribution in [0.3, 0.4) is 0 Å². The minimum atomic E-state index is 0.458. The molecule has 98 valence electrons. The summed E-state index contributed by atoms with van der Waals surface area (Å²) in [5.74, 6) is 0.521. The van der Waals surface area contributed by atoms with Crippen LogP contribution in [-0.2, 0) is 0 Å². The number of benzene rings is 2. The Morgan fingerprint density at radius 2 is 1.63 bits per heavy atom. The van der Waals surface area contributed by atoms with E-state index < -0.39 is 0 Å². The number of hydrogen-bond acceptors (Lipinski definition) is 2. The van der Waals surface area contributed by atoms with Gasteiger partial charge in [0.25, 0.3) is 0 Å². The molecule has 0 atom stereocenters. The Hall–Kier alpha value is -1.80. The molecule has 0 fully saturated rings. The smallest absolute Gasteiger partial charge is 0.156 e. The summed E-state index contributed by atoms with van der Waals surface area (Å²) in [5, 5.41) is 4.63. The average Bonchev–Trinajstić information content (AvgIpc) is 2.46. The Labute approximate surface area is 119 Å². The fourth-order valence-electron chi connectivity index (χ4n) is 1.70. The second kappa shape index (κ2) is 6.39. The lowest BCUT2D eigenvalue weighted by Crippen LogP contribution is -1.97. The normalized spacial score (nSPS) is 11.7. The van der Waals surface area contributed by atoms with Crippen LogP contribution in [0.15, 0.2) is 59.7 Å². The van der Waals surface area contributed by atoms with Gasteiger partial charge in [-0.05, 0) is 23.6 Å². The van der Waals surface area contributed by atoms with Gasteiger partial charge in [-0.25, -0.2) is 0 Å². The Morgan fingerprint density at radius 1 is 1.00 bits per heavy atom. The van der Waals surface area contributed by atoms with Gasteiger partial charge in [0.1, 0.15) is 0 Å². The molecule has 2 aromatic carbocycles. The van der Waals surface area contributed by atoms with Crippen molar-refractivity contribution in [3.63, 3.8) is 0 Å². The third-order valence-corrected chi connectivity index (χ3v) is 3.18. The van der Waals surface area contributed by atoms with E-state index in [0.717, 1.165) is 11.3 Å². The Balaban J connectivity index is 2.08. The van der Waals surface area contributed by atoms with Crippen LogP contribution in [0.25, 0.3) is 0 Å². The van der Waals surface area contributed by atoms with E-state index in [4.69, 9.17) is 11.6 Å². The second-order valence-corrected chi connectivity index (χ2v) is 5.02. The molecular weight excluding hydrogens is 256 g/mol. The molecular formula is C16H17ClN2. The van der Waals surface area contributed by atoms with Crippen LogP contribution in [0.4, 0.5) is 5.69 Å². The van der Waals surface area contributed by atoms with Crippen molar-refractivity contribution in [3.8, 4) is 0 Å². The predicted octanol–water partition coefficient (Wildman–Crippen LogP) is 4.82. The molecule has 0 saturated heterocycles. The van der Waals surface area contributed by atoms with Gasteiger partial charge in [0.15, 0.2) is 5.17 Å².